The fourth-order valence-corrected chi connectivity index (χ4v) is 4.49. The summed E-state index contributed by atoms with van der Waals surface area (Å²) in [4.78, 5) is 24.8. The number of carbonyl (C=O) groups excluding carboxylic acids is 2. The molecule has 2 N–H and O–H groups in total. The molecular weight excluding hydrogens is 615 g/mol. The average Bonchev–Trinajstić information content (AvgIpc) is 3.36. The average molecular weight is 635 g/mol. The van der Waals surface area contributed by atoms with Crippen molar-refractivity contribution in [2.75, 3.05) is 10.0 Å². The van der Waals surface area contributed by atoms with Crippen molar-refractivity contribution in [1.82, 2.24) is 0 Å². The van der Waals surface area contributed by atoms with Crippen LogP contribution in [0.5, 0.6) is 0 Å². The molecule has 2 aromatic carbocycles. The van der Waals surface area contributed by atoms with Gasteiger partial charge in [-0.1, -0.05) is 24.3 Å². The maximum atomic E-state index is 12.8. The molecule has 2 radical (unpaired) electrons. The second-order valence-corrected chi connectivity index (χ2v) is 10.9. The second kappa shape index (κ2) is 14.5. The summed E-state index contributed by atoms with van der Waals surface area (Å²) in [5.74, 6) is -1.45. The third kappa shape index (κ3) is 8.32. The zero-order valence-electron chi connectivity index (χ0n) is 21.6. The predicted molar refractivity (Wildman–Crippen MR) is 150 cm³/mol. The number of hydrogen-bond acceptors (Lipinski definition) is 8. The smallest absolute Gasteiger partial charge is 0.282 e. The van der Waals surface area contributed by atoms with Crippen molar-refractivity contribution < 1.29 is 35.5 Å². The Morgan fingerprint density at radius 3 is 1.77 bits per heavy atom. The van der Waals surface area contributed by atoms with Gasteiger partial charge < -0.3 is 0 Å². The minimum atomic E-state index is -4.36. The third-order valence-corrected chi connectivity index (χ3v) is 7.20. The maximum absolute atomic E-state index is 12.8. The van der Waals surface area contributed by atoms with E-state index in [1.807, 2.05) is 0 Å². The molecule has 0 saturated carbocycles. The molecule has 0 saturated heterocycles. The van der Waals surface area contributed by atoms with Gasteiger partial charge in [-0.05, 0) is 61.5 Å². The molecule has 0 aliphatic carbocycles. The van der Waals surface area contributed by atoms with Crippen molar-refractivity contribution in [2.24, 2.45) is 16.1 Å². The fraction of sp³-hybridized carbons (Fsp3) is 0.0833. The van der Waals surface area contributed by atoms with Crippen molar-refractivity contribution in [3.05, 3.63) is 84.5 Å². The fourth-order valence-electron chi connectivity index (χ4n) is 3.53. The number of amides is 2. The van der Waals surface area contributed by atoms with Gasteiger partial charge in [0, 0.05) is 109 Å². The minimum Gasteiger partial charge on any atom is -0.282 e. The SMILES string of the molecule is CC1=NN(c2ccc(S(=O)(=O)O)cc2)C(=O)\C1=C/C=C\C=C/C1C=NN(c2ccc(S(=O)(=O)O)cc2)C1=O.[K].[K]. The Labute approximate surface area is 315 Å². The van der Waals surface area contributed by atoms with E-state index in [1.54, 1.807) is 37.3 Å². The number of nitrogens with zero attached hydrogens (tertiary/aromatic N) is 4. The summed E-state index contributed by atoms with van der Waals surface area (Å²) in [6, 6.07) is 10.1. The molecular formula is C24H20K2N4O8S2. The molecule has 2 aliphatic rings. The number of carbonyl (C=O) groups is 2. The first-order chi connectivity index (χ1) is 17.9. The van der Waals surface area contributed by atoms with E-state index in [9.17, 15) is 26.4 Å². The van der Waals surface area contributed by atoms with Crippen LogP contribution in [0.25, 0.3) is 0 Å². The quantitative estimate of drug-likeness (QED) is 0.201. The molecule has 198 valence electrons. The van der Waals surface area contributed by atoms with E-state index in [4.69, 9.17) is 9.11 Å². The molecule has 0 bridgehead atoms. The van der Waals surface area contributed by atoms with Gasteiger partial charge in [0.05, 0.1) is 38.4 Å². The summed E-state index contributed by atoms with van der Waals surface area (Å²) in [6.45, 7) is 1.64. The molecule has 2 aliphatic heterocycles. The van der Waals surface area contributed by atoms with Crippen LogP contribution in [0.4, 0.5) is 11.4 Å². The van der Waals surface area contributed by atoms with E-state index < -0.39 is 32.1 Å². The normalized spacial score (nSPS) is 18.5. The first kappa shape index (κ1) is 35.2. The maximum Gasteiger partial charge on any atom is 0.294 e. The molecule has 12 nitrogen and oxygen atoms in total. The van der Waals surface area contributed by atoms with Crippen molar-refractivity contribution >= 4 is 158 Å². The van der Waals surface area contributed by atoms with Crippen molar-refractivity contribution in [1.29, 1.82) is 0 Å². The van der Waals surface area contributed by atoms with E-state index in [-0.39, 0.29) is 118 Å². The Bertz CT molecular complexity index is 1670. The first-order valence-corrected chi connectivity index (χ1v) is 13.7. The molecule has 40 heavy (non-hydrogen) atoms. The number of allylic oxidation sites excluding steroid dienone is 4. The van der Waals surface area contributed by atoms with Gasteiger partial charge in [0.15, 0.2) is 0 Å². The van der Waals surface area contributed by atoms with Crippen molar-refractivity contribution in [3.8, 4) is 0 Å². The molecule has 2 amide bonds. The van der Waals surface area contributed by atoms with E-state index in [1.165, 1.54) is 42.6 Å². The van der Waals surface area contributed by atoms with Crippen molar-refractivity contribution in [2.45, 2.75) is 16.7 Å². The molecule has 4 rings (SSSR count). The van der Waals surface area contributed by atoms with Gasteiger partial charge in [-0.2, -0.15) is 32.0 Å². The summed E-state index contributed by atoms with van der Waals surface area (Å²) >= 11 is 0. The van der Waals surface area contributed by atoms with Crippen LogP contribution in [-0.4, -0.2) is 152 Å². The van der Waals surface area contributed by atoms with E-state index in [0.717, 1.165) is 22.2 Å². The molecule has 0 spiro atoms. The summed E-state index contributed by atoms with van der Waals surface area (Å²) < 4.78 is 62.9. The largest absolute Gasteiger partial charge is 0.294 e. The Morgan fingerprint density at radius 2 is 1.27 bits per heavy atom. The topological polar surface area (TPSA) is 174 Å². The zero-order chi connectivity index (χ0) is 27.7. The number of hydrazone groups is 2. The van der Waals surface area contributed by atoms with E-state index >= 15 is 0 Å². The van der Waals surface area contributed by atoms with Crippen LogP contribution < -0.4 is 10.0 Å². The minimum absolute atomic E-state index is 0. The molecule has 1 unspecified atom stereocenters. The van der Waals surface area contributed by atoms with Crippen LogP contribution in [0.1, 0.15) is 6.92 Å². The Balaban J connectivity index is 0.00000280. The van der Waals surface area contributed by atoms with Gasteiger partial charge in [0.1, 0.15) is 0 Å². The van der Waals surface area contributed by atoms with Crippen LogP contribution in [0.2, 0.25) is 0 Å². The molecule has 2 heterocycles. The van der Waals surface area contributed by atoms with Gasteiger partial charge in [0.2, 0.25) is 0 Å². The molecule has 0 fully saturated rings. The standard InChI is InChI=1S/C24H20N4O8S2.2K/c1-16-22(24(30)28(26-16)19-9-13-21(14-10-19)38(34,35)36)6-4-2-3-5-17-15-25-27(23(17)29)18-7-11-20(12-8-18)37(31,32)33;;/h2-15,17H,1H3,(H,31,32,33)(H,34,35,36);;/b4-2-,5-3-,22-6-;;. The van der Waals surface area contributed by atoms with Gasteiger partial charge in [-0.25, -0.2) is 5.01 Å². The van der Waals surface area contributed by atoms with Gasteiger partial charge in [-0.15, -0.1) is 0 Å². The molecule has 2 aromatic rings. The number of benzene rings is 2. The molecule has 16 heteroatoms. The first-order valence-electron chi connectivity index (χ1n) is 10.8. The van der Waals surface area contributed by atoms with Crippen LogP contribution in [0.15, 0.2) is 104 Å². The number of anilines is 2. The van der Waals surface area contributed by atoms with E-state index in [0.29, 0.717) is 22.7 Å². The van der Waals surface area contributed by atoms with Gasteiger partial charge in [-0.3, -0.25) is 18.7 Å². The number of hydrogen-bond donors (Lipinski definition) is 2. The second-order valence-electron chi connectivity index (χ2n) is 8.03. The van der Waals surface area contributed by atoms with Crippen LogP contribution in [-0.2, 0) is 29.8 Å². The predicted octanol–water partition coefficient (Wildman–Crippen LogP) is 1.83. The summed E-state index contributed by atoms with van der Waals surface area (Å²) in [6.07, 6.45) is 9.37. The third-order valence-electron chi connectivity index (χ3n) is 5.46. The van der Waals surface area contributed by atoms with Crippen LogP contribution in [0.3, 0.4) is 0 Å². The molecule has 1 atom stereocenters. The number of rotatable bonds is 7. The summed E-state index contributed by atoms with van der Waals surface area (Å²) in [5.41, 5.74) is 1.41. The monoisotopic (exact) mass is 634 g/mol. The Kier molecular flexibility index (Phi) is 12.7. The summed E-state index contributed by atoms with van der Waals surface area (Å²) in [7, 11) is -8.70. The Hall–Kier alpha value is -0.967. The zero-order valence-corrected chi connectivity index (χ0v) is 29.5. The van der Waals surface area contributed by atoms with Crippen LogP contribution >= 0.6 is 0 Å². The van der Waals surface area contributed by atoms with Gasteiger partial charge in [0.25, 0.3) is 32.1 Å². The van der Waals surface area contributed by atoms with Gasteiger partial charge >= 0.3 is 0 Å². The van der Waals surface area contributed by atoms with Crippen LogP contribution in [0, 0.1) is 5.92 Å². The summed E-state index contributed by atoms with van der Waals surface area (Å²) in [5, 5.41) is 10.5. The van der Waals surface area contributed by atoms with E-state index in [2.05, 4.69) is 10.2 Å². The molecule has 0 aromatic heterocycles. The van der Waals surface area contributed by atoms with Crippen molar-refractivity contribution in [3.63, 3.8) is 0 Å². The Morgan fingerprint density at radius 1 is 0.775 bits per heavy atom.